The molecule has 8 heteroatoms. The zero-order chi connectivity index (χ0) is 27.5. The van der Waals surface area contributed by atoms with E-state index in [-0.39, 0.29) is 17.2 Å². The van der Waals surface area contributed by atoms with E-state index in [0.29, 0.717) is 42.3 Å². The van der Waals surface area contributed by atoms with E-state index in [0.717, 1.165) is 43.2 Å². The van der Waals surface area contributed by atoms with Crippen LogP contribution in [0.15, 0.2) is 24.3 Å². The number of hydrogen-bond acceptors (Lipinski definition) is 7. The van der Waals surface area contributed by atoms with E-state index in [9.17, 15) is 24.6 Å². The Morgan fingerprint density at radius 1 is 0.865 bits per heavy atom. The van der Waals surface area contributed by atoms with Gasteiger partial charge in [0.25, 0.3) is 0 Å². The second-order valence-electron chi connectivity index (χ2n) is 9.32. The average Bonchev–Trinajstić information content (AvgIpc) is 2.81. The van der Waals surface area contributed by atoms with Crippen LogP contribution in [0.25, 0.3) is 0 Å². The Morgan fingerprint density at radius 3 is 2.11 bits per heavy atom. The number of rotatable bonds is 14. The van der Waals surface area contributed by atoms with Crippen molar-refractivity contribution >= 4 is 17.9 Å². The third-order valence-corrected chi connectivity index (χ3v) is 5.91. The molecule has 0 fully saturated rings. The van der Waals surface area contributed by atoms with Crippen LogP contribution in [0.2, 0.25) is 0 Å². The Balaban J connectivity index is 1.97. The topological polar surface area (TPSA) is 119 Å². The lowest BCUT2D eigenvalue weighted by Crippen LogP contribution is -2.11. The zero-order valence-corrected chi connectivity index (χ0v) is 22.4. The van der Waals surface area contributed by atoms with E-state index < -0.39 is 17.9 Å². The van der Waals surface area contributed by atoms with Crippen molar-refractivity contribution < 1.29 is 38.8 Å². The van der Waals surface area contributed by atoms with Gasteiger partial charge >= 0.3 is 17.9 Å². The molecule has 202 valence electrons. The predicted octanol–water partition coefficient (Wildman–Crippen LogP) is 6.20. The summed E-state index contributed by atoms with van der Waals surface area (Å²) >= 11 is 0. The van der Waals surface area contributed by atoms with Crippen LogP contribution in [0, 0.1) is 0 Å². The Kier molecular flexibility index (Phi) is 11.4. The summed E-state index contributed by atoms with van der Waals surface area (Å²) in [5, 5.41) is 19.6. The Hall–Kier alpha value is -3.55. The quantitative estimate of drug-likeness (QED) is 0.174. The highest BCUT2D eigenvalue weighted by Gasteiger charge is 2.21. The van der Waals surface area contributed by atoms with Crippen molar-refractivity contribution in [3.63, 3.8) is 0 Å². The molecule has 0 saturated carbocycles. The molecule has 0 saturated heterocycles. The molecule has 0 aliphatic rings. The summed E-state index contributed by atoms with van der Waals surface area (Å²) in [5.74, 6) is -1.13. The number of hydrogen-bond donors (Lipinski definition) is 2. The molecule has 2 rings (SSSR count). The molecule has 0 heterocycles. The van der Waals surface area contributed by atoms with Crippen LogP contribution in [0.5, 0.6) is 23.0 Å². The number of aromatic hydroxyl groups is 1. The summed E-state index contributed by atoms with van der Waals surface area (Å²) in [4.78, 5) is 34.8. The van der Waals surface area contributed by atoms with Crippen molar-refractivity contribution in [1.29, 1.82) is 0 Å². The highest BCUT2D eigenvalue weighted by atomic mass is 16.6. The molecule has 8 nitrogen and oxygen atoms in total. The van der Waals surface area contributed by atoms with Gasteiger partial charge in [0.1, 0.15) is 17.1 Å². The normalized spacial score (nSPS) is 10.9. The Morgan fingerprint density at radius 2 is 1.51 bits per heavy atom. The van der Waals surface area contributed by atoms with Gasteiger partial charge in [0.15, 0.2) is 11.5 Å². The van der Waals surface area contributed by atoms with Gasteiger partial charge in [-0.3, -0.25) is 9.59 Å². The van der Waals surface area contributed by atoms with E-state index in [1.54, 1.807) is 6.07 Å². The van der Waals surface area contributed by atoms with Gasteiger partial charge in [0.2, 0.25) is 0 Å². The third-order valence-electron chi connectivity index (χ3n) is 5.91. The smallest absolute Gasteiger partial charge is 0.339 e. The Bertz CT molecular complexity index is 1100. The number of benzene rings is 2. The maximum Gasteiger partial charge on any atom is 0.339 e. The fourth-order valence-electron chi connectivity index (χ4n) is 4.15. The first-order valence-corrected chi connectivity index (χ1v) is 12.8. The van der Waals surface area contributed by atoms with E-state index in [4.69, 9.17) is 14.2 Å². The molecule has 0 bridgehead atoms. The number of ether oxygens (including phenoxy) is 3. The van der Waals surface area contributed by atoms with Crippen LogP contribution in [0.3, 0.4) is 0 Å². The molecular formula is C29H38O8. The van der Waals surface area contributed by atoms with Crippen LogP contribution in [-0.4, -0.2) is 34.7 Å². The average molecular weight is 515 g/mol. The summed E-state index contributed by atoms with van der Waals surface area (Å²) < 4.78 is 16.8. The number of unbranched alkanes of at least 4 members (excludes halogenated alkanes) is 3. The van der Waals surface area contributed by atoms with Crippen molar-refractivity contribution in [2.45, 2.75) is 85.5 Å². The van der Waals surface area contributed by atoms with Crippen LogP contribution in [0.1, 0.15) is 99.7 Å². The first kappa shape index (κ1) is 29.7. The zero-order valence-electron chi connectivity index (χ0n) is 22.4. The molecule has 2 N–H and O–H groups in total. The van der Waals surface area contributed by atoms with Crippen LogP contribution < -0.4 is 14.2 Å². The fraction of sp³-hybridized carbons (Fsp3) is 0.483. The van der Waals surface area contributed by atoms with E-state index >= 15 is 0 Å². The summed E-state index contributed by atoms with van der Waals surface area (Å²) in [6.07, 6.45) is 5.35. The molecule has 0 amide bonds. The summed E-state index contributed by atoms with van der Waals surface area (Å²) in [6.45, 7) is 9.01. The van der Waals surface area contributed by atoms with Crippen molar-refractivity contribution in [2.75, 3.05) is 6.61 Å². The molecule has 0 aliphatic carbocycles. The van der Waals surface area contributed by atoms with Gasteiger partial charge < -0.3 is 24.4 Å². The minimum absolute atomic E-state index is 0.0813. The molecule has 0 spiro atoms. The lowest BCUT2D eigenvalue weighted by molar-refractivity contribution is -0.134. The first-order chi connectivity index (χ1) is 17.6. The van der Waals surface area contributed by atoms with Gasteiger partial charge in [0, 0.05) is 25.0 Å². The second-order valence-corrected chi connectivity index (χ2v) is 9.32. The van der Waals surface area contributed by atoms with Crippen molar-refractivity contribution in [1.82, 2.24) is 0 Å². The molecule has 0 aliphatic heterocycles. The maximum atomic E-state index is 11.8. The molecule has 0 radical (unpaired) electrons. The van der Waals surface area contributed by atoms with E-state index in [1.165, 1.54) is 19.9 Å². The minimum Gasteiger partial charge on any atom is -0.507 e. The largest absolute Gasteiger partial charge is 0.507 e. The molecule has 0 atom stereocenters. The predicted molar refractivity (Wildman–Crippen MR) is 140 cm³/mol. The second kappa shape index (κ2) is 14.3. The monoisotopic (exact) mass is 514 g/mol. The maximum absolute atomic E-state index is 11.8. The van der Waals surface area contributed by atoms with Crippen molar-refractivity contribution in [2.24, 2.45) is 0 Å². The number of phenols is 1. The number of aryl methyl sites for hydroxylation is 1. The standard InChI is InChI=1S/C29H38O8/c1-6-11-23-25(16-15-24(26(23)32)29(33)34)35-17-10-8-7-9-12-21-13-14-22(18(2)3)28(37-20(5)31)27(21)36-19(4)30/h13-16,18,32H,6-12,17H2,1-5H3,(H,33,34). The lowest BCUT2D eigenvalue weighted by atomic mass is 9.96. The molecule has 37 heavy (non-hydrogen) atoms. The molecule has 0 unspecified atom stereocenters. The van der Waals surface area contributed by atoms with Gasteiger partial charge in [-0.25, -0.2) is 4.79 Å². The van der Waals surface area contributed by atoms with Gasteiger partial charge in [-0.2, -0.15) is 0 Å². The van der Waals surface area contributed by atoms with Crippen LogP contribution in [-0.2, 0) is 22.4 Å². The number of carbonyl (C=O) groups is 3. The molecule has 0 aromatic heterocycles. The van der Waals surface area contributed by atoms with Gasteiger partial charge in [-0.1, -0.05) is 52.2 Å². The van der Waals surface area contributed by atoms with E-state index in [1.807, 2.05) is 32.9 Å². The molecular weight excluding hydrogens is 476 g/mol. The Labute approximate surface area is 218 Å². The first-order valence-electron chi connectivity index (χ1n) is 12.8. The van der Waals surface area contributed by atoms with Crippen molar-refractivity contribution in [3.8, 4) is 23.0 Å². The fourth-order valence-corrected chi connectivity index (χ4v) is 4.15. The summed E-state index contributed by atoms with van der Waals surface area (Å²) in [5.41, 5.74) is 2.01. The van der Waals surface area contributed by atoms with Crippen molar-refractivity contribution in [3.05, 3.63) is 46.5 Å². The minimum atomic E-state index is -1.17. The highest BCUT2D eigenvalue weighted by molar-refractivity contribution is 5.91. The highest BCUT2D eigenvalue weighted by Crippen LogP contribution is 2.40. The SMILES string of the molecule is CCCc1c(OCCCCCCc2ccc(C(C)C)c(OC(C)=O)c2OC(C)=O)ccc(C(=O)O)c1O. The number of esters is 2. The third kappa shape index (κ3) is 8.51. The van der Waals surface area contributed by atoms with Gasteiger partial charge in [0.05, 0.1) is 6.61 Å². The van der Waals surface area contributed by atoms with Gasteiger partial charge in [-0.15, -0.1) is 0 Å². The number of carboxylic acids is 1. The number of aromatic carboxylic acids is 1. The number of carbonyl (C=O) groups excluding carboxylic acids is 2. The molecule has 2 aromatic carbocycles. The summed E-state index contributed by atoms with van der Waals surface area (Å²) in [7, 11) is 0. The summed E-state index contributed by atoms with van der Waals surface area (Å²) in [6, 6.07) is 6.80. The van der Waals surface area contributed by atoms with E-state index in [2.05, 4.69) is 0 Å². The lowest BCUT2D eigenvalue weighted by Gasteiger charge is -2.19. The van der Waals surface area contributed by atoms with Gasteiger partial charge in [-0.05, 0) is 49.3 Å². The van der Waals surface area contributed by atoms with Crippen LogP contribution in [0.4, 0.5) is 0 Å². The van der Waals surface area contributed by atoms with Crippen LogP contribution >= 0.6 is 0 Å². The molecule has 2 aromatic rings. The number of carboxylic acid groups (broad SMARTS) is 1.